The number of likely N-dealkylation sites (tertiary alicyclic amines) is 1. The minimum absolute atomic E-state index is 0.0538. The van der Waals surface area contributed by atoms with Crippen LogP contribution < -0.4 is 10.1 Å². The van der Waals surface area contributed by atoms with E-state index in [1.54, 1.807) is 52.0 Å². The predicted molar refractivity (Wildman–Crippen MR) is 136 cm³/mol. The molecule has 2 amide bonds. The Labute approximate surface area is 217 Å². The Morgan fingerprint density at radius 3 is 2.27 bits per heavy atom. The molecule has 37 heavy (non-hydrogen) atoms. The zero-order chi connectivity index (χ0) is 27.0. The van der Waals surface area contributed by atoms with Gasteiger partial charge in [0.05, 0.1) is 12.5 Å². The molecule has 1 aliphatic heterocycles. The number of nitrogens with one attached hydrogen (secondary N) is 1. The second-order valence-electron chi connectivity index (χ2n) is 9.76. The molecule has 0 saturated carbocycles. The lowest BCUT2D eigenvalue weighted by Crippen LogP contribution is -2.52. The SMILES string of the molecule is CCOC(=O)C(NC(=O)C1CCCN(C(=O)OC(C)(C)C)C1)C(=O)c1ccc(Oc2ccccc2)cc1. The van der Waals surface area contributed by atoms with Crippen molar-refractivity contribution in [1.29, 1.82) is 0 Å². The maximum Gasteiger partial charge on any atom is 0.410 e. The van der Waals surface area contributed by atoms with Crippen molar-refractivity contribution in [2.75, 3.05) is 19.7 Å². The number of rotatable bonds is 8. The van der Waals surface area contributed by atoms with Gasteiger partial charge in [-0.05, 0) is 76.9 Å². The van der Waals surface area contributed by atoms with Gasteiger partial charge in [-0.3, -0.25) is 9.59 Å². The molecule has 1 aliphatic rings. The van der Waals surface area contributed by atoms with Gasteiger partial charge in [-0.1, -0.05) is 18.2 Å². The van der Waals surface area contributed by atoms with Gasteiger partial charge >= 0.3 is 12.1 Å². The summed E-state index contributed by atoms with van der Waals surface area (Å²) < 4.78 is 16.2. The molecule has 9 heteroatoms. The second kappa shape index (κ2) is 12.4. The Morgan fingerprint density at radius 1 is 1.00 bits per heavy atom. The third kappa shape index (κ3) is 8.06. The van der Waals surface area contributed by atoms with Crippen LogP contribution in [0.4, 0.5) is 4.79 Å². The molecule has 0 bridgehead atoms. The fourth-order valence-corrected chi connectivity index (χ4v) is 3.88. The van der Waals surface area contributed by atoms with E-state index in [0.29, 0.717) is 30.9 Å². The van der Waals surface area contributed by atoms with Crippen LogP contribution in [0.2, 0.25) is 0 Å². The quantitative estimate of drug-likeness (QED) is 0.319. The van der Waals surface area contributed by atoms with E-state index in [9.17, 15) is 19.2 Å². The van der Waals surface area contributed by atoms with Crippen molar-refractivity contribution in [2.24, 2.45) is 5.92 Å². The van der Waals surface area contributed by atoms with Crippen molar-refractivity contribution in [3.63, 3.8) is 0 Å². The summed E-state index contributed by atoms with van der Waals surface area (Å²) in [6, 6.07) is 14.0. The summed E-state index contributed by atoms with van der Waals surface area (Å²) >= 11 is 0. The molecule has 1 N–H and O–H groups in total. The molecule has 1 heterocycles. The van der Waals surface area contributed by atoms with E-state index in [0.717, 1.165) is 0 Å². The first-order valence-corrected chi connectivity index (χ1v) is 12.4. The first-order chi connectivity index (χ1) is 17.6. The largest absolute Gasteiger partial charge is 0.464 e. The Morgan fingerprint density at radius 2 is 1.65 bits per heavy atom. The van der Waals surface area contributed by atoms with Crippen LogP contribution in [0, 0.1) is 5.92 Å². The van der Waals surface area contributed by atoms with E-state index in [2.05, 4.69) is 5.32 Å². The minimum Gasteiger partial charge on any atom is -0.464 e. The van der Waals surface area contributed by atoms with Crippen LogP contribution >= 0.6 is 0 Å². The van der Waals surface area contributed by atoms with Crippen LogP contribution in [-0.4, -0.2) is 60.0 Å². The van der Waals surface area contributed by atoms with Crippen molar-refractivity contribution >= 4 is 23.8 Å². The van der Waals surface area contributed by atoms with Gasteiger partial charge in [-0.2, -0.15) is 0 Å². The average Bonchev–Trinajstić information content (AvgIpc) is 2.87. The van der Waals surface area contributed by atoms with Gasteiger partial charge in [0, 0.05) is 18.7 Å². The van der Waals surface area contributed by atoms with E-state index < -0.39 is 41.3 Å². The van der Waals surface area contributed by atoms with Crippen molar-refractivity contribution in [3.8, 4) is 11.5 Å². The fourth-order valence-electron chi connectivity index (χ4n) is 3.88. The monoisotopic (exact) mass is 510 g/mol. The number of hydrogen-bond donors (Lipinski definition) is 1. The Bertz CT molecular complexity index is 1090. The molecule has 0 radical (unpaired) electrons. The number of carbonyl (C=O) groups is 4. The molecule has 0 aromatic heterocycles. The van der Waals surface area contributed by atoms with E-state index >= 15 is 0 Å². The highest BCUT2D eigenvalue weighted by molar-refractivity contribution is 6.13. The van der Waals surface area contributed by atoms with Crippen molar-refractivity contribution < 1.29 is 33.4 Å². The standard InChI is InChI=1S/C28H34N2O7/c1-5-35-26(33)23(24(31)19-13-15-22(16-14-19)36-21-11-7-6-8-12-21)29-25(32)20-10-9-17-30(18-20)27(34)37-28(2,3)4/h6-8,11-16,20,23H,5,9-10,17-18H2,1-4H3,(H,29,32). The number of para-hydroxylation sites is 1. The van der Waals surface area contributed by atoms with E-state index in [1.807, 2.05) is 18.2 Å². The van der Waals surface area contributed by atoms with E-state index in [-0.39, 0.29) is 18.7 Å². The summed E-state index contributed by atoms with van der Waals surface area (Å²) in [6.07, 6.45) is 0.611. The number of hydrogen-bond acceptors (Lipinski definition) is 7. The zero-order valence-corrected chi connectivity index (χ0v) is 21.7. The molecule has 198 valence electrons. The molecular weight excluding hydrogens is 476 g/mol. The zero-order valence-electron chi connectivity index (χ0n) is 21.7. The molecule has 0 aliphatic carbocycles. The first-order valence-electron chi connectivity index (χ1n) is 12.4. The summed E-state index contributed by atoms with van der Waals surface area (Å²) in [7, 11) is 0. The maximum absolute atomic E-state index is 13.2. The van der Waals surface area contributed by atoms with Gasteiger partial charge in [-0.25, -0.2) is 9.59 Å². The summed E-state index contributed by atoms with van der Waals surface area (Å²) in [6.45, 7) is 7.60. The predicted octanol–water partition coefficient (Wildman–Crippen LogP) is 4.36. The second-order valence-corrected chi connectivity index (χ2v) is 9.76. The summed E-state index contributed by atoms with van der Waals surface area (Å²) in [5, 5.41) is 2.56. The van der Waals surface area contributed by atoms with Crippen LogP contribution in [0.25, 0.3) is 0 Å². The highest BCUT2D eigenvalue weighted by Crippen LogP contribution is 2.23. The highest BCUT2D eigenvalue weighted by atomic mass is 16.6. The highest BCUT2D eigenvalue weighted by Gasteiger charge is 2.36. The topological polar surface area (TPSA) is 111 Å². The number of amides is 2. The van der Waals surface area contributed by atoms with Crippen molar-refractivity contribution in [2.45, 2.75) is 52.2 Å². The van der Waals surface area contributed by atoms with Gasteiger partial charge in [0.15, 0.2) is 11.8 Å². The molecule has 9 nitrogen and oxygen atoms in total. The van der Waals surface area contributed by atoms with Gasteiger partial charge in [0.25, 0.3) is 0 Å². The van der Waals surface area contributed by atoms with E-state index in [4.69, 9.17) is 14.2 Å². The number of benzene rings is 2. The lowest BCUT2D eigenvalue weighted by molar-refractivity contribution is -0.146. The normalized spacial score (nSPS) is 16.3. The van der Waals surface area contributed by atoms with Crippen molar-refractivity contribution in [1.82, 2.24) is 10.2 Å². The van der Waals surface area contributed by atoms with Crippen molar-refractivity contribution in [3.05, 3.63) is 60.2 Å². The fraction of sp³-hybridized carbons (Fsp3) is 0.429. The molecule has 1 fully saturated rings. The third-order valence-corrected chi connectivity index (χ3v) is 5.63. The van der Waals surface area contributed by atoms with Crippen LogP contribution in [0.1, 0.15) is 50.9 Å². The van der Waals surface area contributed by atoms with Crippen LogP contribution in [-0.2, 0) is 19.1 Å². The lowest BCUT2D eigenvalue weighted by atomic mass is 9.96. The molecule has 1 saturated heterocycles. The van der Waals surface area contributed by atoms with Gasteiger partial charge in [0.1, 0.15) is 17.1 Å². The summed E-state index contributed by atoms with van der Waals surface area (Å²) in [4.78, 5) is 52.9. The molecule has 3 rings (SSSR count). The smallest absolute Gasteiger partial charge is 0.410 e. The number of esters is 1. The Kier molecular flexibility index (Phi) is 9.27. The van der Waals surface area contributed by atoms with Gasteiger partial charge in [-0.15, -0.1) is 0 Å². The minimum atomic E-state index is -1.51. The Hall–Kier alpha value is -3.88. The van der Waals surface area contributed by atoms with Gasteiger partial charge in [0.2, 0.25) is 5.91 Å². The number of piperidine rings is 1. The molecule has 2 aromatic rings. The maximum atomic E-state index is 13.2. The summed E-state index contributed by atoms with van der Waals surface area (Å²) in [5.74, 6) is -1.37. The third-order valence-electron chi connectivity index (χ3n) is 5.63. The molecule has 2 unspecified atom stereocenters. The van der Waals surface area contributed by atoms with E-state index in [1.165, 1.54) is 17.0 Å². The van der Waals surface area contributed by atoms with Crippen LogP contribution in [0.3, 0.4) is 0 Å². The molecule has 0 spiro atoms. The number of Topliss-reactive ketones (excluding diaryl/α,β-unsaturated/α-hetero) is 1. The number of nitrogens with zero attached hydrogens (tertiary/aromatic N) is 1. The lowest BCUT2D eigenvalue weighted by Gasteiger charge is -2.33. The number of ether oxygens (including phenoxy) is 3. The first kappa shape index (κ1) is 27.7. The molecule has 2 aromatic carbocycles. The molecule has 2 atom stereocenters. The van der Waals surface area contributed by atoms with Crippen LogP contribution in [0.5, 0.6) is 11.5 Å². The molecular formula is C28H34N2O7. The number of ketones is 1. The summed E-state index contributed by atoms with van der Waals surface area (Å²) in [5.41, 5.74) is -0.437. The van der Waals surface area contributed by atoms with Gasteiger partial charge < -0.3 is 24.4 Å². The number of carbonyl (C=O) groups excluding carboxylic acids is 4. The Balaban J connectivity index is 1.69. The average molecular weight is 511 g/mol. The van der Waals surface area contributed by atoms with Crippen LogP contribution in [0.15, 0.2) is 54.6 Å².